The molecule has 0 radical (unpaired) electrons. The lowest BCUT2D eigenvalue weighted by Crippen LogP contribution is -2.01. The fourth-order valence-electron chi connectivity index (χ4n) is 2.39. The van der Waals surface area contributed by atoms with Crippen LogP contribution in [0, 0.1) is 6.92 Å². The van der Waals surface area contributed by atoms with Crippen molar-refractivity contribution in [1.82, 2.24) is 4.98 Å². The number of rotatable bonds is 6. The quantitative estimate of drug-likeness (QED) is 0.721. The van der Waals surface area contributed by atoms with E-state index in [1.165, 1.54) is 16.9 Å². The van der Waals surface area contributed by atoms with E-state index in [1.54, 1.807) is 6.92 Å². The number of thiazole rings is 1. The lowest BCUT2D eigenvalue weighted by Gasteiger charge is -2.06. The first-order chi connectivity index (χ1) is 11.6. The number of hydrogen-bond donors (Lipinski definition) is 1. The van der Waals surface area contributed by atoms with Gasteiger partial charge in [0.05, 0.1) is 17.3 Å². The predicted octanol–water partition coefficient (Wildman–Crippen LogP) is 4.44. The smallest absolute Gasteiger partial charge is 0.347 e. The molecule has 0 saturated heterocycles. The van der Waals surface area contributed by atoms with Crippen molar-refractivity contribution in [2.75, 3.05) is 6.61 Å². The lowest BCUT2D eigenvalue weighted by atomic mass is 10.1. The summed E-state index contributed by atoms with van der Waals surface area (Å²) in [5, 5.41) is 9.82. The molecular weight excluding hydrogens is 322 g/mol. The zero-order chi connectivity index (χ0) is 16.9. The van der Waals surface area contributed by atoms with Crippen molar-refractivity contribution < 1.29 is 14.6 Å². The average molecular weight is 339 g/mol. The lowest BCUT2D eigenvalue weighted by molar-refractivity contribution is 0.0701. The van der Waals surface area contributed by atoms with E-state index in [2.05, 4.69) is 17.1 Å². The number of benzene rings is 2. The van der Waals surface area contributed by atoms with Gasteiger partial charge in [-0.1, -0.05) is 42.5 Å². The van der Waals surface area contributed by atoms with Crippen molar-refractivity contribution in [3.63, 3.8) is 0 Å². The molecule has 0 bridgehead atoms. The van der Waals surface area contributed by atoms with Crippen molar-refractivity contribution in [2.24, 2.45) is 0 Å². The number of ether oxygens (including phenoxy) is 1. The molecule has 0 aliphatic carbocycles. The SMILES string of the molecule is Cc1nc(CCOc2ccc(-c3ccccc3)cc2)sc1C(=O)O. The van der Waals surface area contributed by atoms with Gasteiger partial charge in [0.25, 0.3) is 0 Å². The number of carboxylic acid groups (broad SMARTS) is 1. The fourth-order valence-corrected chi connectivity index (χ4v) is 3.27. The summed E-state index contributed by atoms with van der Waals surface area (Å²) in [6.45, 7) is 2.18. The Hall–Kier alpha value is -2.66. The molecule has 0 aliphatic rings. The molecule has 0 saturated carbocycles. The van der Waals surface area contributed by atoms with Crippen molar-refractivity contribution in [1.29, 1.82) is 0 Å². The van der Waals surface area contributed by atoms with Crippen LogP contribution in [0.1, 0.15) is 20.4 Å². The Bertz CT molecular complexity index is 826. The van der Waals surface area contributed by atoms with Crippen LogP contribution in [0.5, 0.6) is 5.75 Å². The molecule has 0 unspecified atom stereocenters. The molecule has 2 aromatic carbocycles. The molecular formula is C19H17NO3S. The summed E-state index contributed by atoms with van der Waals surface area (Å²) in [6.07, 6.45) is 0.596. The Morgan fingerprint density at radius 1 is 1.08 bits per heavy atom. The van der Waals surface area contributed by atoms with Gasteiger partial charge >= 0.3 is 5.97 Å². The first kappa shape index (κ1) is 16.2. The highest BCUT2D eigenvalue weighted by Crippen LogP contribution is 2.23. The second-order valence-electron chi connectivity index (χ2n) is 5.32. The standard InChI is InChI=1S/C19H17NO3S/c1-13-18(19(21)22)24-17(20-13)11-12-23-16-9-7-15(8-10-16)14-5-3-2-4-6-14/h2-10H,11-12H2,1H3,(H,21,22). The van der Waals surface area contributed by atoms with E-state index in [9.17, 15) is 4.79 Å². The summed E-state index contributed by atoms with van der Waals surface area (Å²) in [5.41, 5.74) is 2.88. The van der Waals surface area contributed by atoms with Gasteiger partial charge in [0.1, 0.15) is 10.6 Å². The van der Waals surface area contributed by atoms with Crippen molar-refractivity contribution in [3.8, 4) is 16.9 Å². The van der Waals surface area contributed by atoms with Gasteiger partial charge in [0.2, 0.25) is 0 Å². The van der Waals surface area contributed by atoms with E-state index in [-0.39, 0.29) is 0 Å². The van der Waals surface area contributed by atoms with E-state index in [1.807, 2.05) is 42.5 Å². The molecule has 0 atom stereocenters. The highest BCUT2D eigenvalue weighted by atomic mass is 32.1. The Labute approximate surface area is 144 Å². The van der Waals surface area contributed by atoms with Crippen molar-refractivity contribution in [3.05, 3.63) is 70.2 Å². The molecule has 0 fully saturated rings. The Balaban J connectivity index is 1.57. The molecule has 3 aromatic rings. The number of aromatic carboxylic acids is 1. The Morgan fingerprint density at radius 3 is 2.38 bits per heavy atom. The van der Waals surface area contributed by atoms with Crippen LogP contribution >= 0.6 is 11.3 Å². The van der Waals surface area contributed by atoms with Gasteiger partial charge in [0.15, 0.2) is 0 Å². The molecule has 122 valence electrons. The average Bonchev–Trinajstić information content (AvgIpc) is 2.97. The third kappa shape index (κ3) is 3.81. The zero-order valence-electron chi connectivity index (χ0n) is 13.2. The fraction of sp³-hybridized carbons (Fsp3) is 0.158. The van der Waals surface area contributed by atoms with Crippen LogP contribution < -0.4 is 4.74 Å². The van der Waals surface area contributed by atoms with Crippen LogP contribution in [0.25, 0.3) is 11.1 Å². The number of carbonyl (C=O) groups is 1. The largest absolute Gasteiger partial charge is 0.493 e. The number of hydrogen-bond acceptors (Lipinski definition) is 4. The highest BCUT2D eigenvalue weighted by Gasteiger charge is 2.13. The van der Waals surface area contributed by atoms with Crippen LogP contribution in [0.15, 0.2) is 54.6 Å². The van der Waals surface area contributed by atoms with Gasteiger partial charge in [-0.25, -0.2) is 9.78 Å². The van der Waals surface area contributed by atoms with Gasteiger partial charge in [0, 0.05) is 6.42 Å². The van der Waals surface area contributed by atoms with Crippen molar-refractivity contribution >= 4 is 17.3 Å². The van der Waals surface area contributed by atoms with E-state index < -0.39 is 5.97 Å². The van der Waals surface area contributed by atoms with Crippen LogP contribution in [0.4, 0.5) is 0 Å². The second kappa shape index (κ2) is 7.27. The molecule has 3 rings (SSSR count). The molecule has 0 aliphatic heterocycles. The molecule has 24 heavy (non-hydrogen) atoms. The number of nitrogens with zero attached hydrogens (tertiary/aromatic N) is 1. The molecule has 4 nitrogen and oxygen atoms in total. The number of aromatic nitrogens is 1. The minimum absolute atomic E-state index is 0.303. The van der Waals surface area contributed by atoms with E-state index in [0.29, 0.717) is 23.6 Å². The van der Waals surface area contributed by atoms with Crippen LogP contribution in [-0.2, 0) is 6.42 Å². The molecule has 0 amide bonds. The third-order valence-corrected chi connectivity index (χ3v) is 4.79. The number of aryl methyl sites for hydroxylation is 1. The minimum atomic E-state index is -0.923. The molecule has 1 N–H and O–H groups in total. The molecule has 0 spiro atoms. The van der Waals surface area contributed by atoms with E-state index in [0.717, 1.165) is 16.3 Å². The number of carboxylic acids is 1. The zero-order valence-corrected chi connectivity index (χ0v) is 14.0. The Morgan fingerprint density at radius 2 is 1.75 bits per heavy atom. The summed E-state index contributed by atoms with van der Waals surface area (Å²) in [7, 11) is 0. The van der Waals surface area contributed by atoms with Gasteiger partial charge in [-0.2, -0.15) is 0 Å². The van der Waals surface area contributed by atoms with Crippen molar-refractivity contribution in [2.45, 2.75) is 13.3 Å². The first-order valence-electron chi connectivity index (χ1n) is 7.61. The van der Waals surface area contributed by atoms with Gasteiger partial charge in [-0.15, -0.1) is 11.3 Å². The summed E-state index contributed by atoms with van der Waals surface area (Å²) in [4.78, 5) is 15.6. The molecule has 1 heterocycles. The minimum Gasteiger partial charge on any atom is -0.493 e. The van der Waals surface area contributed by atoms with Gasteiger partial charge in [-0.05, 0) is 30.2 Å². The maximum atomic E-state index is 11.0. The summed E-state index contributed by atoms with van der Waals surface area (Å²) in [6, 6.07) is 18.1. The molecule has 1 aromatic heterocycles. The maximum absolute atomic E-state index is 11.0. The summed E-state index contributed by atoms with van der Waals surface area (Å²) >= 11 is 1.21. The first-order valence-corrected chi connectivity index (χ1v) is 8.43. The topological polar surface area (TPSA) is 59.4 Å². The summed E-state index contributed by atoms with van der Waals surface area (Å²) in [5.74, 6) is -0.130. The molecule has 5 heteroatoms. The maximum Gasteiger partial charge on any atom is 0.347 e. The van der Waals surface area contributed by atoms with E-state index >= 15 is 0 Å². The monoisotopic (exact) mass is 339 g/mol. The normalized spacial score (nSPS) is 10.5. The second-order valence-corrected chi connectivity index (χ2v) is 6.40. The predicted molar refractivity (Wildman–Crippen MR) is 94.9 cm³/mol. The van der Waals surface area contributed by atoms with Crippen LogP contribution in [-0.4, -0.2) is 22.7 Å². The summed E-state index contributed by atoms with van der Waals surface area (Å²) < 4.78 is 5.73. The van der Waals surface area contributed by atoms with Crippen LogP contribution in [0.3, 0.4) is 0 Å². The van der Waals surface area contributed by atoms with Gasteiger partial charge in [-0.3, -0.25) is 0 Å². The van der Waals surface area contributed by atoms with E-state index in [4.69, 9.17) is 9.84 Å². The Kier molecular flexibility index (Phi) is 4.91. The van der Waals surface area contributed by atoms with Crippen LogP contribution in [0.2, 0.25) is 0 Å². The van der Waals surface area contributed by atoms with Gasteiger partial charge < -0.3 is 9.84 Å². The third-order valence-electron chi connectivity index (χ3n) is 3.58. The highest BCUT2D eigenvalue weighted by molar-refractivity contribution is 7.13.